The molecule has 1 aromatic heterocycles. The highest BCUT2D eigenvalue weighted by Gasteiger charge is 2.32. The quantitative estimate of drug-likeness (QED) is 0.902. The third kappa shape index (κ3) is 3.71. The number of halogens is 3. The number of H-pyrrole nitrogens is 1. The molecule has 0 saturated carbocycles. The Kier molecular flexibility index (Phi) is 4.62. The van der Waals surface area contributed by atoms with Gasteiger partial charge in [-0.25, -0.2) is 0 Å². The summed E-state index contributed by atoms with van der Waals surface area (Å²) in [5.74, 6) is -0.233. The van der Waals surface area contributed by atoms with E-state index < -0.39 is 6.36 Å². The lowest BCUT2D eigenvalue weighted by molar-refractivity contribution is -0.274. The van der Waals surface area contributed by atoms with Crippen molar-refractivity contribution in [3.8, 4) is 17.0 Å². The van der Waals surface area contributed by atoms with Crippen LogP contribution in [0.3, 0.4) is 0 Å². The number of alkyl halides is 3. The lowest BCUT2D eigenvalue weighted by Gasteiger charge is -2.36. The Balaban J connectivity index is 1.58. The van der Waals surface area contributed by atoms with E-state index in [1.807, 2.05) is 0 Å². The van der Waals surface area contributed by atoms with E-state index >= 15 is 0 Å². The molecule has 2 aliphatic heterocycles. The smallest absolute Gasteiger partial charge is 0.406 e. The molecular formula is C18H20F3N3O2. The molecule has 3 heterocycles. The second kappa shape index (κ2) is 6.92. The molecule has 1 aromatic carbocycles. The fourth-order valence-electron chi connectivity index (χ4n) is 3.76. The Morgan fingerprint density at radius 1 is 1.23 bits per heavy atom. The van der Waals surface area contributed by atoms with Crippen LogP contribution in [0.5, 0.6) is 5.75 Å². The molecule has 5 nitrogen and oxygen atoms in total. The third-order valence-corrected chi connectivity index (χ3v) is 5.01. The summed E-state index contributed by atoms with van der Waals surface area (Å²) in [7, 11) is 0. The van der Waals surface area contributed by atoms with Gasteiger partial charge in [-0.05, 0) is 25.0 Å². The molecule has 0 aliphatic carbocycles. The summed E-state index contributed by atoms with van der Waals surface area (Å²) < 4.78 is 46.9. The highest BCUT2D eigenvalue weighted by atomic mass is 19.4. The summed E-state index contributed by atoms with van der Waals surface area (Å²) in [6, 6.07) is 6.48. The van der Waals surface area contributed by atoms with Gasteiger partial charge in [-0.2, -0.15) is 5.10 Å². The van der Waals surface area contributed by atoms with Crippen molar-refractivity contribution in [3.05, 3.63) is 35.5 Å². The maximum absolute atomic E-state index is 12.5. The molecule has 26 heavy (non-hydrogen) atoms. The maximum Gasteiger partial charge on any atom is 0.573 e. The summed E-state index contributed by atoms with van der Waals surface area (Å²) in [6.07, 6.45) is -1.82. The van der Waals surface area contributed by atoms with Crippen molar-refractivity contribution in [1.82, 2.24) is 15.1 Å². The molecule has 0 bridgehead atoms. The highest BCUT2D eigenvalue weighted by molar-refractivity contribution is 5.66. The molecule has 1 fully saturated rings. The molecule has 140 valence electrons. The van der Waals surface area contributed by atoms with Crippen LogP contribution in [0.25, 0.3) is 11.3 Å². The first-order chi connectivity index (χ1) is 12.5. The molecule has 4 rings (SSSR count). The van der Waals surface area contributed by atoms with Crippen LogP contribution in [0.15, 0.2) is 24.3 Å². The zero-order valence-electron chi connectivity index (χ0n) is 14.2. The summed E-state index contributed by atoms with van der Waals surface area (Å²) in [4.78, 5) is 2.43. The third-order valence-electron chi connectivity index (χ3n) is 5.01. The van der Waals surface area contributed by atoms with Gasteiger partial charge >= 0.3 is 6.36 Å². The average molecular weight is 367 g/mol. The Labute approximate surface area is 149 Å². The van der Waals surface area contributed by atoms with Crippen molar-refractivity contribution in [2.45, 2.75) is 38.2 Å². The van der Waals surface area contributed by atoms with Crippen LogP contribution in [0.2, 0.25) is 0 Å². The van der Waals surface area contributed by atoms with Gasteiger partial charge in [0.1, 0.15) is 5.75 Å². The molecule has 2 aliphatic rings. The monoisotopic (exact) mass is 367 g/mol. The van der Waals surface area contributed by atoms with Gasteiger partial charge in [0.15, 0.2) is 0 Å². The van der Waals surface area contributed by atoms with Crippen LogP contribution >= 0.6 is 0 Å². The standard InChI is InChI=1S/C18H20F3N3O2/c19-18(20,21)26-14-3-1-2-12(10-14)17-15-11-24(7-4-16(15)22-23-17)13-5-8-25-9-6-13/h1-3,10,13H,4-9,11H2,(H,22,23). The summed E-state index contributed by atoms with van der Waals surface area (Å²) in [5, 5.41) is 7.42. The van der Waals surface area contributed by atoms with Gasteiger partial charge < -0.3 is 9.47 Å². The minimum Gasteiger partial charge on any atom is -0.406 e. The van der Waals surface area contributed by atoms with E-state index in [4.69, 9.17) is 4.74 Å². The van der Waals surface area contributed by atoms with Crippen molar-refractivity contribution in [2.24, 2.45) is 0 Å². The van der Waals surface area contributed by atoms with Crippen molar-refractivity contribution < 1.29 is 22.6 Å². The second-order valence-electron chi connectivity index (χ2n) is 6.67. The van der Waals surface area contributed by atoms with Crippen molar-refractivity contribution in [3.63, 3.8) is 0 Å². The predicted octanol–water partition coefficient (Wildman–Crippen LogP) is 3.51. The number of fused-ring (bicyclic) bond motifs is 1. The molecular weight excluding hydrogens is 347 g/mol. The van der Waals surface area contributed by atoms with Crippen LogP contribution < -0.4 is 4.74 Å². The molecule has 0 spiro atoms. The number of nitrogens with one attached hydrogen (secondary N) is 1. The van der Waals surface area contributed by atoms with Crippen molar-refractivity contribution in [2.75, 3.05) is 19.8 Å². The summed E-state index contributed by atoms with van der Waals surface area (Å²) in [5.41, 5.74) is 3.44. The lowest BCUT2D eigenvalue weighted by Crippen LogP contribution is -2.42. The number of aromatic amines is 1. The average Bonchev–Trinajstić information content (AvgIpc) is 3.04. The molecule has 8 heteroatoms. The van der Waals surface area contributed by atoms with Gasteiger partial charge in [0.2, 0.25) is 0 Å². The Morgan fingerprint density at radius 3 is 2.81 bits per heavy atom. The number of hydrogen-bond acceptors (Lipinski definition) is 4. The molecule has 1 saturated heterocycles. The number of rotatable bonds is 3. The predicted molar refractivity (Wildman–Crippen MR) is 88.7 cm³/mol. The van der Waals surface area contributed by atoms with E-state index in [9.17, 15) is 13.2 Å². The van der Waals surface area contributed by atoms with Gasteiger partial charge in [-0.15, -0.1) is 13.2 Å². The molecule has 0 radical (unpaired) electrons. The second-order valence-corrected chi connectivity index (χ2v) is 6.67. The van der Waals surface area contributed by atoms with Crippen molar-refractivity contribution >= 4 is 0 Å². The van der Waals surface area contributed by atoms with E-state index in [1.54, 1.807) is 12.1 Å². The van der Waals surface area contributed by atoms with E-state index in [0.717, 1.165) is 56.8 Å². The lowest BCUT2D eigenvalue weighted by atomic mass is 9.97. The molecule has 0 atom stereocenters. The van der Waals surface area contributed by atoms with Gasteiger partial charge in [-0.3, -0.25) is 10.00 Å². The van der Waals surface area contributed by atoms with Gasteiger partial charge in [0, 0.05) is 55.6 Å². The maximum atomic E-state index is 12.5. The van der Waals surface area contributed by atoms with Crippen LogP contribution in [0.1, 0.15) is 24.1 Å². The molecule has 0 amide bonds. The fourth-order valence-corrected chi connectivity index (χ4v) is 3.76. The van der Waals surface area contributed by atoms with E-state index in [-0.39, 0.29) is 5.75 Å². The minimum absolute atomic E-state index is 0.233. The molecule has 1 N–H and O–H groups in total. The van der Waals surface area contributed by atoms with Crippen LogP contribution in [0, 0.1) is 0 Å². The van der Waals surface area contributed by atoms with Crippen LogP contribution in [-0.2, 0) is 17.7 Å². The number of aromatic nitrogens is 2. The van der Waals surface area contributed by atoms with E-state index in [2.05, 4.69) is 19.8 Å². The van der Waals surface area contributed by atoms with Crippen LogP contribution in [-0.4, -0.2) is 47.3 Å². The number of nitrogens with zero attached hydrogens (tertiary/aromatic N) is 2. The van der Waals surface area contributed by atoms with Gasteiger partial charge in [0.25, 0.3) is 0 Å². The summed E-state index contributed by atoms with van der Waals surface area (Å²) >= 11 is 0. The van der Waals surface area contributed by atoms with E-state index in [1.165, 1.54) is 12.1 Å². The fraction of sp³-hybridized carbons (Fsp3) is 0.500. The van der Waals surface area contributed by atoms with E-state index in [0.29, 0.717) is 17.3 Å². The topological polar surface area (TPSA) is 50.4 Å². The first-order valence-corrected chi connectivity index (χ1v) is 8.74. The van der Waals surface area contributed by atoms with Crippen molar-refractivity contribution in [1.29, 1.82) is 0 Å². The first kappa shape index (κ1) is 17.4. The minimum atomic E-state index is -4.70. The van der Waals surface area contributed by atoms with Crippen LogP contribution in [0.4, 0.5) is 13.2 Å². The number of hydrogen-bond donors (Lipinski definition) is 1. The Bertz CT molecular complexity index is 769. The van der Waals surface area contributed by atoms with Gasteiger partial charge in [0.05, 0.1) is 5.69 Å². The number of benzene rings is 1. The summed E-state index contributed by atoms with van der Waals surface area (Å²) in [6.45, 7) is 3.26. The highest BCUT2D eigenvalue weighted by Crippen LogP contribution is 2.33. The molecule has 2 aromatic rings. The zero-order valence-corrected chi connectivity index (χ0v) is 14.2. The molecule has 0 unspecified atom stereocenters. The SMILES string of the molecule is FC(F)(F)Oc1cccc(-c2n[nH]c3c2CN(C2CCOCC2)CC3)c1. The Morgan fingerprint density at radius 2 is 2.04 bits per heavy atom. The zero-order chi connectivity index (χ0) is 18.1. The Hall–Kier alpha value is -2.06. The largest absolute Gasteiger partial charge is 0.573 e. The normalized spacial score (nSPS) is 19.3. The first-order valence-electron chi connectivity index (χ1n) is 8.74. The number of ether oxygens (including phenoxy) is 2. The van der Waals surface area contributed by atoms with Gasteiger partial charge in [-0.1, -0.05) is 12.1 Å².